The quantitative estimate of drug-likeness (QED) is 0.790. The van der Waals surface area contributed by atoms with Gasteiger partial charge >= 0.3 is 0 Å². The van der Waals surface area contributed by atoms with E-state index in [2.05, 4.69) is 0 Å². The lowest BCUT2D eigenvalue weighted by atomic mass is 9.96. The number of carbonyl (C=O) groups is 1. The van der Waals surface area contributed by atoms with Crippen molar-refractivity contribution in [3.05, 3.63) is 35.4 Å². The van der Waals surface area contributed by atoms with E-state index in [1.807, 2.05) is 0 Å². The van der Waals surface area contributed by atoms with Crippen LogP contribution in [0.1, 0.15) is 29.3 Å². The van der Waals surface area contributed by atoms with Crippen molar-refractivity contribution in [3.8, 4) is 0 Å². The zero-order valence-electron chi connectivity index (χ0n) is 8.93. The lowest BCUT2D eigenvalue weighted by molar-refractivity contribution is 0.0994. The number of fused-ring (bicyclic) bond motifs is 1. The van der Waals surface area contributed by atoms with E-state index in [1.165, 1.54) is 0 Å². The van der Waals surface area contributed by atoms with E-state index in [4.69, 9.17) is 0 Å². The fourth-order valence-electron chi connectivity index (χ4n) is 1.78. The Morgan fingerprint density at radius 2 is 2.06 bits per heavy atom. The molecule has 0 saturated carbocycles. The summed E-state index contributed by atoms with van der Waals surface area (Å²) < 4.78 is 23.7. The fourth-order valence-corrected chi connectivity index (χ4v) is 2.89. The predicted octanol–water partition coefficient (Wildman–Crippen LogP) is 2.08. The molecular formula is C12H12O3S. The first-order valence-corrected chi connectivity index (χ1v) is 6.77. The number of benzene rings is 1. The lowest BCUT2D eigenvalue weighted by Gasteiger charge is -2.13. The SMILES string of the molecule is CCS(=O)(=O)c1cccc2c1C=CCC2=O. The van der Waals surface area contributed by atoms with Gasteiger partial charge in [0.1, 0.15) is 0 Å². The van der Waals surface area contributed by atoms with Crippen molar-refractivity contribution < 1.29 is 13.2 Å². The summed E-state index contributed by atoms with van der Waals surface area (Å²) in [4.78, 5) is 11.9. The third kappa shape index (κ3) is 1.69. The van der Waals surface area contributed by atoms with E-state index in [0.717, 1.165) is 0 Å². The van der Waals surface area contributed by atoms with Crippen LogP contribution < -0.4 is 0 Å². The van der Waals surface area contributed by atoms with Gasteiger partial charge in [0.05, 0.1) is 10.6 Å². The first-order valence-electron chi connectivity index (χ1n) is 5.12. The summed E-state index contributed by atoms with van der Waals surface area (Å²) in [5, 5.41) is 0. The molecule has 3 nitrogen and oxygen atoms in total. The largest absolute Gasteiger partial charge is 0.294 e. The molecule has 1 aromatic carbocycles. The molecule has 0 amide bonds. The van der Waals surface area contributed by atoms with E-state index in [1.54, 1.807) is 37.3 Å². The van der Waals surface area contributed by atoms with Crippen LogP contribution in [0.15, 0.2) is 29.2 Å². The highest BCUT2D eigenvalue weighted by atomic mass is 32.2. The van der Waals surface area contributed by atoms with Crippen LogP contribution in [-0.2, 0) is 9.84 Å². The number of allylic oxidation sites excluding steroid dienone is 1. The van der Waals surface area contributed by atoms with Crippen molar-refractivity contribution in [1.82, 2.24) is 0 Å². The highest BCUT2D eigenvalue weighted by Crippen LogP contribution is 2.26. The van der Waals surface area contributed by atoms with Gasteiger partial charge in [-0.05, 0) is 6.07 Å². The van der Waals surface area contributed by atoms with Crippen LogP contribution in [0.3, 0.4) is 0 Å². The van der Waals surface area contributed by atoms with Crippen molar-refractivity contribution >= 4 is 21.7 Å². The van der Waals surface area contributed by atoms with Gasteiger partial charge in [-0.2, -0.15) is 0 Å². The average Bonchev–Trinajstić information content (AvgIpc) is 2.29. The van der Waals surface area contributed by atoms with Crippen molar-refractivity contribution in [2.24, 2.45) is 0 Å². The zero-order valence-corrected chi connectivity index (χ0v) is 9.75. The third-order valence-corrected chi connectivity index (χ3v) is 4.46. The normalized spacial score (nSPS) is 14.9. The Balaban J connectivity index is 2.72. The summed E-state index contributed by atoms with van der Waals surface area (Å²) in [6, 6.07) is 4.86. The molecular weight excluding hydrogens is 224 g/mol. The Kier molecular flexibility index (Phi) is 2.68. The number of sulfone groups is 1. The van der Waals surface area contributed by atoms with E-state index in [9.17, 15) is 13.2 Å². The monoisotopic (exact) mass is 236 g/mol. The van der Waals surface area contributed by atoms with E-state index >= 15 is 0 Å². The van der Waals surface area contributed by atoms with Gasteiger partial charge in [0, 0.05) is 17.5 Å². The molecule has 0 radical (unpaired) electrons. The third-order valence-electron chi connectivity index (χ3n) is 2.67. The molecule has 1 aliphatic carbocycles. The van der Waals surface area contributed by atoms with Gasteiger partial charge in [0.25, 0.3) is 0 Å². The topological polar surface area (TPSA) is 51.2 Å². The zero-order chi connectivity index (χ0) is 11.8. The Hall–Kier alpha value is -1.42. The molecule has 0 unspecified atom stereocenters. The summed E-state index contributed by atoms with van der Waals surface area (Å²) in [5.74, 6) is 0.0246. The van der Waals surface area contributed by atoms with Gasteiger partial charge < -0.3 is 0 Å². The van der Waals surface area contributed by atoms with E-state index < -0.39 is 9.84 Å². The Morgan fingerprint density at radius 1 is 1.31 bits per heavy atom. The maximum absolute atomic E-state index is 11.8. The summed E-state index contributed by atoms with van der Waals surface area (Å²) in [5.41, 5.74) is 1.05. The summed E-state index contributed by atoms with van der Waals surface area (Å²) >= 11 is 0. The molecule has 84 valence electrons. The number of ketones is 1. The molecule has 0 aliphatic heterocycles. The van der Waals surface area contributed by atoms with Crippen LogP contribution in [0.25, 0.3) is 6.08 Å². The van der Waals surface area contributed by atoms with Crippen molar-refractivity contribution in [3.63, 3.8) is 0 Å². The van der Waals surface area contributed by atoms with Crippen LogP contribution in [0.2, 0.25) is 0 Å². The predicted molar refractivity (Wildman–Crippen MR) is 62.2 cm³/mol. The molecule has 1 aliphatic rings. The highest BCUT2D eigenvalue weighted by Gasteiger charge is 2.21. The van der Waals surface area contributed by atoms with E-state index in [0.29, 0.717) is 17.5 Å². The molecule has 0 saturated heterocycles. The summed E-state index contributed by atoms with van der Waals surface area (Å²) in [7, 11) is -3.27. The number of carbonyl (C=O) groups excluding carboxylic acids is 1. The lowest BCUT2D eigenvalue weighted by Crippen LogP contribution is -2.11. The molecule has 0 N–H and O–H groups in total. The smallest absolute Gasteiger partial charge is 0.178 e. The minimum atomic E-state index is -3.27. The summed E-state index contributed by atoms with van der Waals surface area (Å²) in [6.07, 6.45) is 3.78. The Morgan fingerprint density at radius 3 is 2.75 bits per heavy atom. The number of rotatable bonds is 2. The number of hydrogen-bond donors (Lipinski definition) is 0. The van der Waals surface area contributed by atoms with Gasteiger partial charge in [-0.3, -0.25) is 4.79 Å². The minimum absolute atomic E-state index is 0.0225. The summed E-state index contributed by atoms with van der Waals surface area (Å²) in [6.45, 7) is 1.60. The maximum Gasteiger partial charge on any atom is 0.178 e. The van der Waals surface area contributed by atoms with E-state index in [-0.39, 0.29) is 16.4 Å². The average molecular weight is 236 g/mol. The molecule has 0 atom stereocenters. The minimum Gasteiger partial charge on any atom is -0.294 e. The van der Waals surface area contributed by atoms with Crippen LogP contribution in [-0.4, -0.2) is 20.0 Å². The van der Waals surface area contributed by atoms with Crippen LogP contribution in [0, 0.1) is 0 Å². The molecule has 2 rings (SSSR count). The molecule has 0 spiro atoms. The van der Waals surface area contributed by atoms with Gasteiger partial charge in [0.2, 0.25) is 0 Å². The molecule has 0 bridgehead atoms. The molecule has 1 aromatic rings. The van der Waals surface area contributed by atoms with Crippen LogP contribution in [0.5, 0.6) is 0 Å². The van der Waals surface area contributed by atoms with Gasteiger partial charge in [-0.15, -0.1) is 0 Å². The fraction of sp³-hybridized carbons (Fsp3) is 0.250. The second-order valence-electron chi connectivity index (χ2n) is 3.65. The second-order valence-corrected chi connectivity index (χ2v) is 5.90. The molecule has 0 fully saturated rings. The van der Waals surface area contributed by atoms with Crippen molar-refractivity contribution in [1.29, 1.82) is 0 Å². The van der Waals surface area contributed by atoms with Crippen molar-refractivity contribution in [2.45, 2.75) is 18.2 Å². The van der Waals surface area contributed by atoms with Gasteiger partial charge in [0.15, 0.2) is 15.6 Å². The molecule has 16 heavy (non-hydrogen) atoms. The van der Waals surface area contributed by atoms with Crippen LogP contribution >= 0.6 is 0 Å². The van der Waals surface area contributed by atoms with Crippen LogP contribution in [0.4, 0.5) is 0 Å². The first-order chi connectivity index (χ1) is 7.56. The number of Topliss-reactive ketones (excluding diaryl/α,β-unsaturated/α-hetero) is 1. The Bertz CT molecular complexity index is 568. The molecule has 0 aromatic heterocycles. The first kappa shape index (κ1) is 11.1. The number of hydrogen-bond acceptors (Lipinski definition) is 3. The van der Waals surface area contributed by atoms with Gasteiger partial charge in [-0.1, -0.05) is 31.2 Å². The van der Waals surface area contributed by atoms with Crippen molar-refractivity contribution in [2.75, 3.05) is 5.75 Å². The standard InChI is InChI=1S/C12H12O3S/c1-2-16(14,15)12-8-4-5-9-10(12)6-3-7-11(9)13/h3-6,8H,2,7H2,1H3. The highest BCUT2D eigenvalue weighted by molar-refractivity contribution is 7.91. The maximum atomic E-state index is 11.8. The van der Waals surface area contributed by atoms with Gasteiger partial charge in [-0.25, -0.2) is 8.42 Å². The second kappa shape index (κ2) is 3.87. The molecule has 0 heterocycles. The Labute approximate surface area is 94.7 Å². The molecule has 4 heteroatoms.